The fourth-order valence-electron chi connectivity index (χ4n) is 10.0. The zero-order valence-electron chi connectivity index (χ0n) is 33.2. The summed E-state index contributed by atoms with van der Waals surface area (Å²) in [6.07, 6.45) is 5.32. The first-order valence-corrected chi connectivity index (χ1v) is 21.1. The van der Waals surface area contributed by atoms with Crippen molar-refractivity contribution in [2.75, 3.05) is 63.9 Å². The monoisotopic (exact) mass is 779 g/mol. The summed E-state index contributed by atoms with van der Waals surface area (Å²) in [6.45, 7) is 12.3. The molecule has 10 nitrogen and oxygen atoms in total. The number of aryl methyl sites for hydroxylation is 1. The Hall–Kier alpha value is -5.45. The lowest BCUT2D eigenvalue weighted by molar-refractivity contribution is -0.125. The smallest absolute Gasteiger partial charge is 0.262 e. The second-order valence-electron chi connectivity index (χ2n) is 16.8. The molecular weight excluding hydrogens is 727 g/mol. The van der Waals surface area contributed by atoms with Crippen LogP contribution in [-0.2, 0) is 11.2 Å². The predicted molar refractivity (Wildman–Crippen MR) is 224 cm³/mol. The minimum Gasteiger partial charge on any atom is -0.508 e. The van der Waals surface area contributed by atoms with E-state index in [-0.39, 0.29) is 17.7 Å². The summed E-state index contributed by atoms with van der Waals surface area (Å²) in [5.74, 6) is 1.39. The molecule has 5 aliphatic rings. The molecule has 4 heterocycles. The third-order valence-electron chi connectivity index (χ3n) is 13.2. The van der Waals surface area contributed by atoms with Crippen LogP contribution in [0.25, 0.3) is 0 Å². The number of ether oxygens (including phenoxy) is 1. The molecule has 4 aromatic rings. The number of hydrogen-bond acceptors (Lipinski definition) is 8. The standard InChI is InChI=1S/C48H53N5O5/c1-32-7-18-44(46(55)49-32)53-47(56)42-16-11-37(30-43(42)48(53)57)52-25-23-51(24-26-52)31-33-19-21-50(22-20-33)27-28-58-39-13-8-35(9-14-39)45-40(34-5-3-2-4-6-34)15-10-36-29-38(54)12-17-41(36)45/h2-6,8-9,11-14,16-17,29-30,33,40,44-45,54H,1,7,10,15,18-28,31H2,(H,49,55)/t40-,44?,45+/m1/s1. The van der Waals surface area contributed by atoms with Crippen molar-refractivity contribution in [3.05, 3.63) is 137 Å². The summed E-state index contributed by atoms with van der Waals surface area (Å²) >= 11 is 0. The summed E-state index contributed by atoms with van der Waals surface area (Å²) in [7, 11) is 0. The van der Waals surface area contributed by atoms with Gasteiger partial charge in [-0.15, -0.1) is 0 Å². The SMILES string of the molecule is C=C1CCC(N2C(=O)c3ccc(N4CCN(CC5CCN(CCOc6ccc([C@@H]7c8ccc(O)cc8CC[C@@H]7c7ccccc7)cc6)CC5)CC4)cc3C2=O)C(=O)N1. The average Bonchev–Trinajstić information content (AvgIpc) is 3.49. The van der Waals surface area contributed by atoms with Gasteiger partial charge in [0.1, 0.15) is 24.1 Å². The molecule has 3 atom stereocenters. The number of carbonyl (C=O) groups is 3. The van der Waals surface area contributed by atoms with Gasteiger partial charge in [0.15, 0.2) is 0 Å². The number of allylic oxidation sites excluding steroid dienone is 1. The van der Waals surface area contributed by atoms with Crippen LogP contribution in [0.1, 0.15) is 86.9 Å². The third kappa shape index (κ3) is 7.75. The summed E-state index contributed by atoms with van der Waals surface area (Å²) in [4.78, 5) is 47.7. The van der Waals surface area contributed by atoms with Crippen LogP contribution in [0.3, 0.4) is 0 Å². The maximum absolute atomic E-state index is 13.4. The van der Waals surface area contributed by atoms with Gasteiger partial charge in [0, 0.05) is 56.6 Å². The molecule has 4 aromatic carbocycles. The summed E-state index contributed by atoms with van der Waals surface area (Å²) in [5, 5.41) is 12.9. The fourth-order valence-corrected chi connectivity index (χ4v) is 10.0. The highest BCUT2D eigenvalue weighted by atomic mass is 16.5. The molecule has 0 radical (unpaired) electrons. The minimum atomic E-state index is -0.799. The van der Waals surface area contributed by atoms with Crippen LogP contribution in [0, 0.1) is 5.92 Å². The normalized spacial score (nSPS) is 23.1. The van der Waals surface area contributed by atoms with Crippen molar-refractivity contribution < 1.29 is 24.2 Å². The van der Waals surface area contributed by atoms with E-state index in [4.69, 9.17) is 4.74 Å². The molecule has 3 amide bonds. The highest BCUT2D eigenvalue weighted by Crippen LogP contribution is 2.47. The Morgan fingerprint density at radius 2 is 1.48 bits per heavy atom. The minimum absolute atomic E-state index is 0.225. The highest BCUT2D eigenvalue weighted by molar-refractivity contribution is 6.23. The number of nitrogens with one attached hydrogen (secondary N) is 1. The second kappa shape index (κ2) is 16.4. The van der Waals surface area contributed by atoms with Gasteiger partial charge in [0.25, 0.3) is 11.8 Å². The van der Waals surface area contributed by atoms with E-state index in [1.54, 1.807) is 6.07 Å². The first-order chi connectivity index (χ1) is 28.3. The molecular formula is C48H53N5O5. The van der Waals surface area contributed by atoms with Gasteiger partial charge in [-0.25, -0.2) is 0 Å². The predicted octanol–water partition coefficient (Wildman–Crippen LogP) is 6.56. The van der Waals surface area contributed by atoms with Gasteiger partial charge in [0.05, 0.1) is 11.1 Å². The number of piperazine rings is 1. The van der Waals surface area contributed by atoms with Gasteiger partial charge in [-0.05, 0) is 128 Å². The number of piperidine rings is 2. The number of carbonyl (C=O) groups excluding carboxylic acids is 3. The van der Waals surface area contributed by atoms with Crippen molar-refractivity contribution in [2.24, 2.45) is 5.92 Å². The molecule has 2 N–H and O–H groups in total. The lowest BCUT2D eigenvalue weighted by Gasteiger charge is -2.39. The molecule has 0 saturated carbocycles. The van der Waals surface area contributed by atoms with Crippen molar-refractivity contribution in [1.29, 1.82) is 0 Å². The van der Waals surface area contributed by atoms with E-state index in [1.807, 2.05) is 24.3 Å². The largest absolute Gasteiger partial charge is 0.508 e. The van der Waals surface area contributed by atoms with Crippen LogP contribution in [0.5, 0.6) is 11.5 Å². The maximum atomic E-state index is 13.4. The topological polar surface area (TPSA) is 106 Å². The lowest BCUT2D eigenvalue weighted by atomic mass is 9.69. The quantitative estimate of drug-likeness (QED) is 0.175. The van der Waals surface area contributed by atoms with Crippen LogP contribution in [0.2, 0.25) is 0 Å². The molecule has 10 heteroatoms. The molecule has 4 aliphatic heterocycles. The maximum Gasteiger partial charge on any atom is 0.262 e. The average molecular weight is 780 g/mol. The summed E-state index contributed by atoms with van der Waals surface area (Å²) in [6, 6.07) is 30.1. The number of anilines is 1. The van der Waals surface area contributed by atoms with Crippen molar-refractivity contribution >= 4 is 23.4 Å². The molecule has 300 valence electrons. The molecule has 0 aromatic heterocycles. The fraction of sp³-hybridized carbons (Fsp3) is 0.396. The van der Waals surface area contributed by atoms with Gasteiger partial charge in [0.2, 0.25) is 5.91 Å². The number of fused-ring (bicyclic) bond motifs is 2. The van der Waals surface area contributed by atoms with E-state index in [1.165, 1.54) is 35.1 Å². The Kier molecular flexibility index (Phi) is 10.8. The molecule has 3 fully saturated rings. The van der Waals surface area contributed by atoms with Gasteiger partial charge in [-0.1, -0.05) is 55.1 Å². The molecule has 1 aliphatic carbocycles. The number of imide groups is 1. The van der Waals surface area contributed by atoms with E-state index in [0.29, 0.717) is 53.9 Å². The Morgan fingerprint density at radius 3 is 2.24 bits per heavy atom. The number of phenols is 1. The Balaban J connectivity index is 0.722. The van der Waals surface area contributed by atoms with E-state index in [9.17, 15) is 19.5 Å². The zero-order chi connectivity index (χ0) is 39.8. The van der Waals surface area contributed by atoms with Crippen LogP contribution in [0.15, 0.2) is 103 Å². The van der Waals surface area contributed by atoms with Crippen molar-refractivity contribution in [3.63, 3.8) is 0 Å². The Morgan fingerprint density at radius 1 is 0.724 bits per heavy atom. The zero-order valence-corrected chi connectivity index (χ0v) is 33.2. The van der Waals surface area contributed by atoms with E-state index < -0.39 is 11.9 Å². The van der Waals surface area contributed by atoms with Crippen LogP contribution >= 0.6 is 0 Å². The number of nitrogens with zero attached hydrogens (tertiary/aromatic N) is 4. The molecule has 0 bridgehead atoms. The number of amides is 3. The molecule has 1 unspecified atom stereocenters. The molecule has 0 spiro atoms. The van der Waals surface area contributed by atoms with E-state index >= 15 is 0 Å². The number of rotatable bonds is 10. The number of phenolic OH excluding ortho intramolecular Hbond substituents is 1. The van der Waals surface area contributed by atoms with Gasteiger partial charge >= 0.3 is 0 Å². The Labute approximate surface area is 341 Å². The van der Waals surface area contributed by atoms with Crippen LogP contribution in [0.4, 0.5) is 5.69 Å². The van der Waals surface area contributed by atoms with E-state index in [0.717, 1.165) is 81.5 Å². The van der Waals surface area contributed by atoms with Gasteiger partial charge in [-0.3, -0.25) is 29.1 Å². The van der Waals surface area contributed by atoms with Crippen LogP contribution < -0.4 is 15.0 Å². The van der Waals surface area contributed by atoms with Crippen molar-refractivity contribution in [3.8, 4) is 11.5 Å². The van der Waals surface area contributed by atoms with Crippen molar-refractivity contribution in [2.45, 2.75) is 56.4 Å². The van der Waals surface area contributed by atoms with Gasteiger partial charge in [-0.2, -0.15) is 0 Å². The molecule has 3 saturated heterocycles. The van der Waals surface area contributed by atoms with Crippen molar-refractivity contribution in [1.82, 2.24) is 20.0 Å². The molecule has 58 heavy (non-hydrogen) atoms. The van der Waals surface area contributed by atoms with Crippen LogP contribution in [-0.4, -0.2) is 103 Å². The first-order valence-electron chi connectivity index (χ1n) is 21.1. The molecule has 9 rings (SSSR count). The van der Waals surface area contributed by atoms with Gasteiger partial charge < -0.3 is 20.1 Å². The lowest BCUT2D eigenvalue weighted by Crippen LogP contribution is -2.51. The number of benzene rings is 4. The number of likely N-dealkylation sites (tertiary alicyclic amines) is 1. The number of hydrogen-bond donors (Lipinski definition) is 2. The Bertz CT molecular complexity index is 2170. The first kappa shape index (κ1) is 38.1. The number of aromatic hydroxyl groups is 1. The summed E-state index contributed by atoms with van der Waals surface area (Å²) in [5.41, 5.74) is 7.51. The third-order valence-corrected chi connectivity index (χ3v) is 13.2. The summed E-state index contributed by atoms with van der Waals surface area (Å²) < 4.78 is 6.27. The second-order valence-corrected chi connectivity index (χ2v) is 16.8. The van der Waals surface area contributed by atoms with E-state index in [2.05, 4.69) is 87.3 Å². The highest BCUT2D eigenvalue weighted by Gasteiger charge is 2.44.